The monoisotopic (exact) mass is 350 g/mol. The highest BCUT2D eigenvalue weighted by Gasteiger charge is 2.11. The quantitative estimate of drug-likeness (QED) is 0.828. The van der Waals surface area contributed by atoms with E-state index in [0.29, 0.717) is 17.7 Å². The van der Waals surface area contributed by atoms with Crippen LogP contribution in [0.25, 0.3) is 0 Å². The summed E-state index contributed by atoms with van der Waals surface area (Å²) in [7, 11) is 0. The Labute approximate surface area is 131 Å². The van der Waals surface area contributed by atoms with Gasteiger partial charge in [0.1, 0.15) is 5.82 Å². The predicted molar refractivity (Wildman–Crippen MR) is 85.6 cm³/mol. The molecule has 0 radical (unpaired) electrons. The zero-order valence-electron chi connectivity index (χ0n) is 11.6. The Kier molecular flexibility index (Phi) is 4.96. The minimum atomic E-state index is -0.264. The molecule has 2 rings (SSSR count). The molecule has 0 saturated carbocycles. The Morgan fingerprint density at radius 2 is 1.95 bits per heavy atom. The van der Waals surface area contributed by atoms with Crippen LogP contribution in [0.3, 0.4) is 0 Å². The lowest BCUT2D eigenvalue weighted by molar-refractivity contribution is 0.0940. The SMILES string of the molecule is CC(Cc1ccc(F)cc1)NC(=O)c1cc(N)cc(Br)c1. The lowest BCUT2D eigenvalue weighted by Gasteiger charge is -2.14. The van der Waals surface area contributed by atoms with Gasteiger partial charge in [-0.25, -0.2) is 4.39 Å². The molecule has 0 heterocycles. The van der Waals surface area contributed by atoms with E-state index in [0.717, 1.165) is 10.0 Å². The number of hydrogen-bond donors (Lipinski definition) is 2. The maximum atomic E-state index is 12.8. The van der Waals surface area contributed by atoms with Crippen LogP contribution in [0.1, 0.15) is 22.8 Å². The van der Waals surface area contributed by atoms with Crippen molar-refractivity contribution in [2.24, 2.45) is 0 Å². The molecule has 1 atom stereocenters. The number of carbonyl (C=O) groups is 1. The van der Waals surface area contributed by atoms with Gasteiger partial charge in [0, 0.05) is 21.8 Å². The van der Waals surface area contributed by atoms with Crippen molar-refractivity contribution in [1.29, 1.82) is 0 Å². The van der Waals surface area contributed by atoms with Gasteiger partial charge in [-0.15, -0.1) is 0 Å². The summed E-state index contributed by atoms with van der Waals surface area (Å²) in [6.45, 7) is 1.91. The summed E-state index contributed by atoms with van der Waals surface area (Å²) in [5, 5.41) is 2.90. The number of carbonyl (C=O) groups excluding carboxylic acids is 1. The van der Waals surface area contributed by atoms with Crippen LogP contribution in [-0.2, 0) is 6.42 Å². The molecule has 2 aromatic carbocycles. The molecule has 3 N–H and O–H groups in total. The van der Waals surface area contributed by atoms with Gasteiger partial charge in [-0.2, -0.15) is 0 Å². The fraction of sp³-hybridized carbons (Fsp3) is 0.188. The molecule has 1 unspecified atom stereocenters. The summed E-state index contributed by atoms with van der Waals surface area (Å²) < 4.78 is 13.6. The average Bonchev–Trinajstić information content (AvgIpc) is 2.40. The third-order valence-corrected chi connectivity index (χ3v) is 3.47. The van der Waals surface area contributed by atoms with Crippen LogP contribution in [0.15, 0.2) is 46.9 Å². The van der Waals surface area contributed by atoms with E-state index in [1.54, 1.807) is 30.3 Å². The summed E-state index contributed by atoms with van der Waals surface area (Å²) in [6, 6.07) is 11.3. The van der Waals surface area contributed by atoms with Gasteiger partial charge in [-0.05, 0) is 49.2 Å². The van der Waals surface area contributed by atoms with Gasteiger partial charge in [0.25, 0.3) is 5.91 Å². The molecule has 0 fully saturated rings. The van der Waals surface area contributed by atoms with Crippen molar-refractivity contribution in [3.8, 4) is 0 Å². The topological polar surface area (TPSA) is 55.1 Å². The van der Waals surface area contributed by atoms with Crippen LogP contribution in [0.4, 0.5) is 10.1 Å². The van der Waals surface area contributed by atoms with Gasteiger partial charge >= 0.3 is 0 Å². The second kappa shape index (κ2) is 6.72. The van der Waals surface area contributed by atoms with Crippen molar-refractivity contribution in [3.63, 3.8) is 0 Å². The second-order valence-electron chi connectivity index (χ2n) is 4.98. The highest BCUT2D eigenvalue weighted by Crippen LogP contribution is 2.17. The van der Waals surface area contributed by atoms with Crippen LogP contribution >= 0.6 is 15.9 Å². The molecule has 2 aromatic rings. The number of halogens is 2. The molecule has 1 amide bonds. The Morgan fingerprint density at radius 3 is 2.57 bits per heavy atom. The molecular formula is C16H16BrFN2O. The van der Waals surface area contributed by atoms with Crippen LogP contribution in [0.2, 0.25) is 0 Å². The number of nitrogen functional groups attached to an aromatic ring is 1. The maximum absolute atomic E-state index is 12.8. The van der Waals surface area contributed by atoms with E-state index >= 15 is 0 Å². The normalized spacial score (nSPS) is 12.0. The van der Waals surface area contributed by atoms with E-state index in [4.69, 9.17) is 5.73 Å². The highest BCUT2D eigenvalue weighted by molar-refractivity contribution is 9.10. The largest absolute Gasteiger partial charge is 0.399 e. The summed E-state index contributed by atoms with van der Waals surface area (Å²) in [6.07, 6.45) is 0.634. The Bertz CT molecular complexity index is 623. The van der Waals surface area contributed by atoms with Crippen LogP contribution < -0.4 is 11.1 Å². The third-order valence-electron chi connectivity index (χ3n) is 3.01. The van der Waals surface area contributed by atoms with Crippen LogP contribution in [0.5, 0.6) is 0 Å². The van der Waals surface area contributed by atoms with Crippen LogP contribution in [-0.4, -0.2) is 11.9 Å². The fourth-order valence-electron chi connectivity index (χ4n) is 2.08. The molecule has 0 aromatic heterocycles. The van der Waals surface area contributed by atoms with Crippen molar-refractivity contribution in [1.82, 2.24) is 5.32 Å². The molecular weight excluding hydrogens is 335 g/mol. The molecule has 0 saturated heterocycles. The molecule has 21 heavy (non-hydrogen) atoms. The number of rotatable bonds is 4. The van der Waals surface area contributed by atoms with Crippen molar-refractivity contribution < 1.29 is 9.18 Å². The molecule has 3 nitrogen and oxygen atoms in total. The number of nitrogens with one attached hydrogen (secondary N) is 1. The van der Waals surface area contributed by atoms with Crippen molar-refractivity contribution in [2.45, 2.75) is 19.4 Å². The first kappa shape index (κ1) is 15.5. The van der Waals surface area contributed by atoms with E-state index in [9.17, 15) is 9.18 Å². The molecule has 110 valence electrons. The van der Waals surface area contributed by atoms with Crippen LogP contribution in [0, 0.1) is 5.82 Å². The number of benzene rings is 2. The molecule has 0 spiro atoms. The molecule has 0 aliphatic carbocycles. The predicted octanol–water partition coefficient (Wildman–Crippen LogP) is 3.53. The van der Waals surface area contributed by atoms with Gasteiger partial charge in [0.05, 0.1) is 0 Å². The average molecular weight is 351 g/mol. The molecule has 5 heteroatoms. The van der Waals surface area contributed by atoms with Crippen molar-refractivity contribution in [3.05, 3.63) is 63.9 Å². The zero-order valence-corrected chi connectivity index (χ0v) is 13.2. The van der Waals surface area contributed by atoms with Gasteiger partial charge in [0.15, 0.2) is 0 Å². The zero-order chi connectivity index (χ0) is 15.4. The van der Waals surface area contributed by atoms with E-state index in [1.807, 2.05) is 6.92 Å². The van der Waals surface area contributed by atoms with E-state index in [1.165, 1.54) is 12.1 Å². The summed E-state index contributed by atoms with van der Waals surface area (Å²) in [5.41, 5.74) is 7.73. The van der Waals surface area contributed by atoms with Gasteiger partial charge < -0.3 is 11.1 Å². The first-order chi connectivity index (χ1) is 9.94. The minimum Gasteiger partial charge on any atom is -0.399 e. The smallest absolute Gasteiger partial charge is 0.251 e. The summed E-state index contributed by atoms with van der Waals surface area (Å²) in [5.74, 6) is -0.447. The first-order valence-electron chi connectivity index (χ1n) is 6.55. The standard InChI is InChI=1S/C16H16BrFN2O/c1-10(6-11-2-4-14(18)5-3-11)20-16(21)12-7-13(17)9-15(19)8-12/h2-5,7-10H,6,19H2,1H3,(H,20,21). The molecule has 0 aliphatic rings. The number of amides is 1. The summed E-state index contributed by atoms with van der Waals surface area (Å²) in [4.78, 5) is 12.2. The van der Waals surface area contributed by atoms with E-state index in [2.05, 4.69) is 21.2 Å². The van der Waals surface area contributed by atoms with Gasteiger partial charge in [0.2, 0.25) is 0 Å². The number of nitrogens with two attached hydrogens (primary N) is 1. The maximum Gasteiger partial charge on any atom is 0.251 e. The summed E-state index contributed by atoms with van der Waals surface area (Å²) >= 11 is 3.31. The Morgan fingerprint density at radius 1 is 1.29 bits per heavy atom. The van der Waals surface area contributed by atoms with E-state index < -0.39 is 0 Å². The number of hydrogen-bond acceptors (Lipinski definition) is 2. The second-order valence-corrected chi connectivity index (χ2v) is 5.89. The minimum absolute atomic E-state index is 0.0665. The first-order valence-corrected chi connectivity index (χ1v) is 7.35. The molecule has 0 aliphatic heterocycles. The van der Waals surface area contributed by atoms with Crippen molar-refractivity contribution in [2.75, 3.05) is 5.73 Å². The lowest BCUT2D eigenvalue weighted by Crippen LogP contribution is -2.34. The van der Waals surface area contributed by atoms with Crippen molar-refractivity contribution >= 4 is 27.5 Å². The Balaban J connectivity index is 2.00. The fourth-order valence-corrected chi connectivity index (χ4v) is 2.59. The Hall–Kier alpha value is -1.88. The highest BCUT2D eigenvalue weighted by atomic mass is 79.9. The third kappa shape index (κ3) is 4.56. The lowest BCUT2D eigenvalue weighted by atomic mass is 10.1. The number of anilines is 1. The van der Waals surface area contributed by atoms with E-state index in [-0.39, 0.29) is 17.8 Å². The van der Waals surface area contributed by atoms with Gasteiger partial charge in [-0.1, -0.05) is 28.1 Å². The van der Waals surface area contributed by atoms with Gasteiger partial charge in [-0.3, -0.25) is 4.79 Å². The molecule has 0 bridgehead atoms.